The minimum absolute atomic E-state index is 0.0596. The van der Waals surface area contributed by atoms with Crippen LogP contribution in [0.15, 0.2) is 40.6 Å². The van der Waals surface area contributed by atoms with Crippen LogP contribution in [0.5, 0.6) is 0 Å². The van der Waals surface area contributed by atoms with Gasteiger partial charge in [-0.25, -0.2) is 0 Å². The van der Waals surface area contributed by atoms with Gasteiger partial charge in [-0.3, -0.25) is 0 Å². The SMILES string of the molecule is N#CC(=NO)C(=NO)c1ccccc1. The first kappa shape index (κ1) is 9.74. The topological polar surface area (TPSA) is 89.0 Å². The maximum atomic E-state index is 8.66. The van der Waals surface area contributed by atoms with Crippen molar-refractivity contribution >= 4 is 11.4 Å². The van der Waals surface area contributed by atoms with Gasteiger partial charge in [-0.1, -0.05) is 40.6 Å². The number of hydrogen-bond donors (Lipinski definition) is 2. The summed E-state index contributed by atoms with van der Waals surface area (Å²) in [6, 6.07) is 10.1. The molecular formula is C9H7N3O2. The number of nitrogens with zero attached hydrogens (tertiary/aromatic N) is 3. The molecule has 0 unspecified atom stereocenters. The van der Waals surface area contributed by atoms with Crippen molar-refractivity contribution in [1.29, 1.82) is 5.26 Å². The van der Waals surface area contributed by atoms with Gasteiger partial charge in [0.1, 0.15) is 11.8 Å². The molecule has 70 valence electrons. The van der Waals surface area contributed by atoms with Gasteiger partial charge in [0.25, 0.3) is 0 Å². The van der Waals surface area contributed by atoms with Gasteiger partial charge in [0.15, 0.2) is 0 Å². The fourth-order valence-electron chi connectivity index (χ4n) is 0.961. The van der Waals surface area contributed by atoms with Gasteiger partial charge >= 0.3 is 0 Å². The van der Waals surface area contributed by atoms with Crippen LogP contribution in [0.2, 0.25) is 0 Å². The Bertz CT molecular complexity index is 404. The molecule has 14 heavy (non-hydrogen) atoms. The van der Waals surface area contributed by atoms with E-state index in [2.05, 4.69) is 10.3 Å². The predicted octanol–water partition coefficient (Wildman–Crippen LogP) is 1.22. The van der Waals surface area contributed by atoms with Crippen molar-refractivity contribution in [2.45, 2.75) is 0 Å². The number of hydrogen-bond acceptors (Lipinski definition) is 5. The molecule has 0 spiro atoms. The predicted molar refractivity (Wildman–Crippen MR) is 49.6 cm³/mol. The van der Waals surface area contributed by atoms with Crippen molar-refractivity contribution in [2.75, 3.05) is 0 Å². The van der Waals surface area contributed by atoms with E-state index < -0.39 is 0 Å². The third-order valence-electron chi connectivity index (χ3n) is 1.58. The van der Waals surface area contributed by atoms with Crippen molar-refractivity contribution in [2.24, 2.45) is 10.3 Å². The lowest BCUT2D eigenvalue weighted by Gasteiger charge is -1.99. The van der Waals surface area contributed by atoms with Gasteiger partial charge in [0.2, 0.25) is 5.71 Å². The van der Waals surface area contributed by atoms with Crippen LogP contribution in [0.4, 0.5) is 0 Å². The largest absolute Gasteiger partial charge is 0.410 e. The molecule has 0 saturated carbocycles. The molecule has 0 atom stereocenters. The third kappa shape index (κ3) is 1.87. The summed E-state index contributed by atoms with van der Waals surface area (Å²) >= 11 is 0. The lowest BCUT2D eigenvalue weighted by atomic mass is 10.1. The van der Waals surface area contributed by atoms with E-state index in [0.717, 1.165) is 0 Å². The summed E-state index contributed by atoms with van der Waals surface area (Å²) in [5, 5.41) is 31.3. The number of nitriles is 1. The molecule has 1 aromatic carbocycles. The Morgan fingerprint density at radius 3 is 2.21 bits per heavy atom. The highest BCUT2D eigenvalue weighted by molar-refractivity contribution is 6.53. The Kier molecular flexibility index (Phi) is 3.21. The number of oxime groups is 2. The molecule has 0 aliphatic carbocycles. The van der Waals surface area contributed by atoms with Gasteiger partial charge in [-0.2, -0.15) is 5.26 Å². The Balaban J connectivity index is 3.15. The fraction of sp³-hybridized carbons (Fsp3) is 0. The molecule has 5 nitrogen and oxygen atoms in total. The smallest absolute Gasteiger partial charge is 0.209 e. The summed E-state index contributed by atoms with van der Waals surface area (Å²) in [5.41, 5.74) is 0.110. The second kappa shape index (κ2) is 4.62. The summed E-state index contributed by atoms with van der Waals surface area (Å²) in [6.45, 7) is 0. The van der Waals surface area contributed by atoms with E-state index in [1.54, 1.807) is 36.4 Å². The maximum Gasteiger partial charge on any atom is 0.209 e. The summed E-state index contributed by atoms with van der Waals surface area (Å²) < 4.78 is 0. The van der Waals surface area contributed by atoms with E-state index in [1.165, 1.54) is 0 Å². The van der Waals surface area contributed by atoms with Crippen LogP contribution in [0.1, 0.15) is 5.56 Å². The zero-order chi connectivity index (χ0) is 10.4. The van der Waals surface area contributed by atoms with Gasteiger partial charge < -0.3 is 10.4 Å². The molecule has 0 radical (unpaired) electrons. The Labute approximate surface area is 80.2 Å². The molecule has 1 rings (SSSR count). The van der Waals surface area contributed by atoms with E-state index in [-0.39, 0.29) is 11.4 Å². The van der Waals surface area contributed by atoms with E-state index in [0.29, 0.717) is 5.56 Å². The lowest BCUT2D eigenvalue weighted by molar-refractivity contribution is 0.315. The van der Waals surface area contributed by atoms with Crippen molar-refractivity contribution in [1.82, 2.24) is 0 Å². The molecule has 0 aliphatic rings. The van der Waals surface area contributed by atoms with Crippen molar-refractivity contribution < 1.29 is 10.4 Å². The zero-order valence-electron chi connectivity index (χ0n) is 7.12. The first-order valence-electron chi connectivity index (χ1n) is 3.73. The van der Waals surface area contributed by atoms with E-state index in [4.69, 9.17) is 15.7 Å². The summed E-state index contributed by atoms with van der Waals surface area (Å²) in [4.78, 5) is 0. The Hall–Kier alpha value is -2.35. The molecule has 1 aromatic rings. The van der Waals surface area contributed by atoms with Gasteiger partial charge in [0.05, 0.1) is 0 Å². The quantitative estimate of drug-likeness (QED) is 0.416. The van der Waals surface area contributed by atoms with Crippen LogP contribution >= 0.6 is 0 Å². The van der Waals surface area contributed by atoms with Crippen LogP contribution in [0.3, 0.4) is 0 Å². The molecule has 0 saturated heterocycles. The normalized spacial score (nSPS) is 12.2. The highest BCUT2D eigenvalue weighted by Crippen LogP contribution is 2.02. The monoisotopic (exact) mass is 189 g/mol. The van der Waals surface area contributed by atoms with Gasteiger partial charge in [-0.15, -0.1) is 0 Å². The second-order valence-electron chi connectivity index (χ2n) is 2.38. The second-order valence-corrected chi connectivity index (χ2v) is 2.38. The van der Waals surface area contributed by atoms with Crippen LogP contribution in [0.25, 0.3) is 0 Å². The molecule has 0 aromatic heterocycles. The lowest BCUT2D eigenvalue weighted by Crippen LogP contribution is -2.13. The summed E-state index contributed by atoms with van der Waals surface area (Å²) in [7, 11) is 0. The number of benzene rings is 1. The van der Waals surface area contributed by atoms with Crippen molar-refractivity contribution in [3.63, 3.8) is 0 Å². The van der Waals surface area contributed by atoms with Crippen LogP contribution < -0.4 is 0 Å². The summed E-state index contributed by atoms with van der Waals surface area (Å²) in [5.74, 6) is 0. The highest BCUT2D eigenvalue weighted by Gasteiger charge is 2.11. The van der Waals surface area contributed by atoms with Gasteiger partial charge in [-0.05, 0) is 0 Å². The van der Waals surface area contributed by atoms with E-state index >= 15 is 0 Å². The van der Waals surface area contributed by atoms with E-state index in [1.807, 2.05) is 0 Å². The molecule has 0 amide bonds. The molecule has 0 fully saturated rings. The van der Waals surface area contributed by atoms with Crippen molar-refractivity contribution in [3.05, 3.63) is 35.9 Å². The zero-order valence-corrected chi connectivity index (χ0v) is 7.12. The minimum atomic E-state index is -0.335. The average molecular weight is 189 g/mol. The third-order valence-corrected chi connectivity index (χ3v) is 1.58. The number of rotatable bonds is 2. The van der Waals surface area contributed by atoms with Crippen LogP contribution in [-0.2, 0) is 0 Å². The van der Waals surface area contributed by atoms with Gasteiger partial charge in [0, 0.05) is 5.56 Å². The maximum absolute atomic E-state index is 8.66. The summed E-state index contributed by atoms with van der Waals surface area (Å²) in [6.07, 6.45) is 0. The Morgan fingerprint density at radius 1 is 1.14 bits per heavy atom. The Morgan fingerprint density at radius 2 is 1.79 bits per heavy atom. The molecular weight excluding hydrogens is 182 g/mol. The molecule has 2 N–H and O–H groups in total. The molecule has 0 heterocycles. The van der Waals surface area contributed by atoms with E-state index in [9.17, 15) is 0 Å². The van der Waals surface area contributed by atoms with Crippen LogP contribution in [-0.4, -0.2) is 21.8 Å². The molecule has 0 bridgehead atoms. The average Bonchev–Trinajstić information content (AvgIpc) is 2.27. The molecule has 0 aliphatic heterocycles. The minimum Gasteiger partial charge on any atom is -0.410 e. The first-order valence-corrected chi connectivity index (χ1v) is 3.73. The standard InChI is InChI=1S/C9H7N3O2/c10-6-8(11-13)9(12-14)7-4-2-1-3-5-7/h1-5,13-14H. The highest BCUT2D eigenvalue weighted by atomic mass is 16.4. The molecule has 5 heteroatoms. The van der Waals surface area contributed by atoms with Crippen LogP contribution in [0, 0.1) is 11.3 Å². The van der Waals surface area contributed by atoms with Crippen molar-refractivity contribution in [3.8, 4) is 6.07 Å². The fourth-order valence-corrected chi connectivity index (χ4v) is 0.961. The first-order chi connectivity index (χ1) is 6.83.